The van der Waals surface area contributed by atoms with Crippen molar-refractivity contribution in [2.75, 3.05) is 18.0 Å². The predicted octanol–water partition coefficient (Wildman–Crippen LogP) is 5.01. The third-order valence-corrected chi connectivity index (χ3v) is 6.37. The van der Waals surface area contributed by atoms with Gasteiger partial charge in [0.1, 0.15) is 5.65 Å². The van der Waals surface area contributed by atoms with Gasteiger partial charge in [-0.05, 0) is 31.4 Å². The maximum atomic E-state index is 12.8. The Bertz CT molecular complexity index is 1280. The summed E-state index contributed by atoms with van der Waals surface area (Å²) >= 11 is 0. The Hall–Kier alpha value is -3.58. The van der Waals surface area contributed by atoms with Crippen molar-refractivity contribution in [1.29, 1.82) is 0 Å². The summed E-state index contributed by atoms with van der Waals surface area (Å²) in [6.45, 7) is 7.90. The summed E-state index contributed by atoms with van der Waals surface area (Å²) in [7, 11) is 0. The van der Waals surface area contributed by atoms with Crippen LogP contribution in [-0.2, 0) is 4.74 Å². The zero-order valence-corrected chi connectivity index (χ0v) is 19.7. The molecule has 1 aliphatic rings. The van der Waals surface area contributed by atoms with E-state index in [2.05, 4.69) is 44.7 Å². The van der Waals surface area contributed by atoms with Gasteiger partial charge in [-0.1, -0.05) is 37.3 Å². The number of carbonyl (C=O) groups is 1. The van der Waals surface area contributed by atoms with E-state index in [1.807, 2.05) is 49.6 Å². The summed E-state index contributed by atoms with van der Waals surface area (Å²) in [5, 5.41) is 1.00. The van der Waals surface area contributed by atoms with Crippen molar-refractivity contribution in [1.82, 2.24) is 19.9 Å². The average Bonchev–Trinajstić information content (AvgIpc) is 3.27. The predicted molar refractivity (Wildman–Crippen MR) is 133 cm³/mol. The van der Waals surface area contributed by atoms with Crippen LogP contribution < -0.4 is 4.90 Å². The molecule has 0 radical (unpaired) electrons. The molecule has 7 heteroatoms. The number of hydrogen-bond acceptors (Lipinski definition) is 6. The molecule has 0 saturated carbocycles. The minimum absolute atomic E-state index is 0.0543. The molecular weight excluding hydrogens is 426 g/mol. The topological polar surface area (TPSA) is 84.0 Å². The molecule has 5 rings (SSSR count). The number of ether oxygens (including phenoxy) is 1. The fourth-order valence-corrected chi connectivity index (χ4v) is 4.67. The zero-order chi connectivity index (χ0) is 23.7. The number of nitrogens with one attached hydrogen (secondary N) is 1. The van der Waals surface area contributed by atoms with E-state index in [0.29, 0.717) is 6.42 Å². The molecule has 1 aromatic carbocycles. The summed E-state index contributed by atoms with van der Waals surface area (Å²) in [6, 6.07) is 12.2. The molecule has 4 aromatic rings. The van der Waals surface area contributed by atoms with E-state index < -0.39 is 0 Å². The van der Waals surface area contributed by atoms with E-state index in [4.69, 9.17) is 4.74 Å². The molecule has 7 nitrogen and oxygen atoms in total. The summed E-state index contributed by atoms with van der Waals surface area (Å²) in [6.07, 6.45) is 7.99. The monoisotopic (exact) mass is 455 g/mol. The number of H-pyrrole nitrogens is 1. The third kappa shape index (κ3) is 4.56. The third-order valence-electron chi connectivity index (χ3n) is 6.37. The Labute approximate surface area is 199 Å². The van der Waals surface area contributed by atoms with Crippen LogP contribution in [0.15, 0.2) is 61.2 Å². The van der Waals surface area contributed by atoms with Gasteiger partial charge in [-0.15, -0.1) is 0 Å². The smallest absolute Gasteiger partial charge is 0.200 e. The highest BCUT2D eigenvalue weighted by Gasteiger charge is 2.23. The molecule has 174 valence electrons. The molecule has 1 saturated heterocycles. The molecule has 0 unspecified atom stereocenters. The highest BCUT2D eigenvalue weighted by molar-refractivity contribution is 5.96. The van der Waals surface area contributed by atoms with Crippen LogP contribution in [0, 0.1) is 0 Å². The number of morpholine rings is 1. The van der Waals surface area contributed by atoms with Crippen LogP contribution >= 0.6 is 0 Å². The lowest BCUT2D eigenvalue weighted by molar-refractivity contribution is -0.00522. The van der Waals surface area contributed by atoms with Crippen LogP contribution in [0.3, 0.4) is 0 Å². The summed E-state index contributed by atoms with van der Waals surface area (Å²) in [5.41, 5.74) is 4.83. The van der Waals surface area contributed by atoms with E-state index in [1.54, 1.807) is 12.4 Å². The van der Waals surface area contributed by atoms with Gasteiger partial charge in [0, 0.05) is 54.6 Å². The van der Waals surface area contributed by atoms with Crippen LogP contribution in [0.2, 0.25) is 0 Å². The fourth-order valence-electron chi connectivity index (χ4n) is 4.67. The van der Waals surface area contributed by atoms with Gasteiger partial charge in [0.2, 0.25) is 5.78 Å². The highest BCUT2D eigenvalue weighted by atomic mass is 16.5. The van der Waals surface area contributed by atoms with Crippen molar-refractivity contribution in [2.45, 2.75) is 45.3 Å². The first-order chi connectivity index (χ1) is 16.5. The Morgan fingerprint density at radius 2 is 1.79 bits per heavy atom. The number of nitrogens with zero attached hydrogens (tertiary/aromatic N) is 4. The van der Waals surface area contributed by atoms with Crippen LogP contribution in [0.25, 0.3) is 22.2 Å². The van der Waals surface area contributed by atoms with Crippen molar-refractivity contribution >= 4 is 22.5 Å². The second-order valence-electron chi connectivity index (χ2n) is 9.19. The maximum Gasteiger partial charge on any atom is 0.200 e. The largest absolute Gasteiger partial charge is 0.372 e. The van der Waals surface area contributed by atoms with Gasteiger partial charge < -0.3 is 14.6 Å². The van der Waals surface area contributed by atoms with Crippen molar-refractivity contribution in [2.24, 2.45) is 0 Å². The number of carbonyl (C=O) groups excluding carboxylic acids is 1. The number of fused-ring (bicyclic) bond motifs is 1. The van der Waals surface area contributed by atoms with Crippen LogP contribution in [0.1, 0.15) is 49.3 Å². The lowest BCUT2D eigenvalue weighted by atomic mass is 9.95. The standard InChI is InChI=1S/C27H29N5O2/c1-17(20-7-5-4-6-8-20)9-25(33)27-28-11-21(12-29-27)24-14-31-26-23(24)10-22(13-30-26)32-15-18(2)34-19(3)16-32/h4-8,10-14,17-19H,9,15-16H2,1-3H3,(H,30,31)/t17-,18-,19+/m0/s1. The first-order valence-electron chi connectivity index (χ1n) is 11.8. The number of aromatic amines is 1. The number of aromatic nitrogens is 4. The lowest BCUT2D eigenvalue weighted by Gasteiger charge is -2.36. The molecule has 1 fully saturated rings. The normalized spacial score (nSPS) is 19.3. The Morgan fingerprint density at radius 1 is 1.09 bits per heavy atom. The van der Waals surface area contributed by atoms with Crippen LogP contribution in [0.5, 0.6) is 0 Å². The average molecular weight is 456 g/mol. The Kier molecular flexibility index (Phi) is 6.11. The van der Waals surface area contributed by atoms with Crippen molar-refractivity contribution in [3.8, 4) is 11.1 Å². The molecule has 0 spiro atoms. The van der Waals surface area contributed by atoms with Gasteiger partial charge in [0.05, 0.1) is 24.1 Å². The lowest BCUT2D eigenvalue weighted by Crippen LogP contribution is -2.45. The van der Waals surface area contributed by atoms with Crippen LogP contribution in [0.4, 0.5) is 5.69 Å². The number of anilines is 1. The van der Waals surface area contributed by atoms with Gasteiger partial charge in [-0.25, -0.2) is 15.0 Å². The van der Waals surface area contributed by atoms with Crippen molar-refractivity contribution in [3.63, 3.8) is 0 Å². The summed E-state index contributed by atoms with van der Waals surface area (Å²) in [5.74, 6) is 0.309. The van der Waals surface area contributed by atoms with Crippen molar-refractivity contribution in [3.05, 3.63) is 72.6 Å². The van der Waals surface area contributed by atoms with Gasteiger partial charge in [-0.3, -0.25) is 4.79 Å². The molecule has 0 bridgehead atoms. The zero-order valence-electron chi connectivity index (χ0n) is 19.7. The molecular formula is C27H29N5O2. The molecule has 3 atom stereocenters. The molecule has 1 aliphatic heterocycles. The number of Topliss-reactive ketones (excluding diaryl/α,β-unsaturated/α-hetero) is 1. The summed E-state index contributed by atoms with van der Waals surface area (Å²) < 4.78 is 5.87. The Balaban J connectivity index is 1.36. The quantitative estimate of drug-likeness (QED) is 0.412. The van der Waals surface area contributed by atoms with Gasteiger partial charge in [-0.2, -0.15) is 0 Å². The van der Waals surface area contributed by atoms with E-state index in [-0.39, 0.29) is 29.7 Å². The van der Waals surface area contributed by atoms with E-state index in [1.165, 1.54) is 0 Å². The maximum absolute atomic E-state index is 12.8. The van der Waals surface area contributed by atoms with Gasteiger partial charge >= 0.3 is 0 Å². The minimum atomic E-state index is -0.0543. The molecule has 1 N–H and O–H groups in total. The van der Waals surface area contributed by atoms with Crippen molar-refractivity contribution < 1.29 is 9.53 Å². The fraction of sp³-hybridized carbons (Fsp3) is 0.333. The van der Waals surface area contributed by atoms with Gasteiger partial charge in [0.15, 0.2) is 5.82 Å². The highest BCUT2D eigenvalue weighted by Crippen LogP contribution is 2.31. The summed E-state index contributed by atoms with van der Waals surface area (Å²) in [4.78, 5) is 31.7. The number of ketones is 1. The number of pyridine rings is 1. The first kappa shape index (κ1) is 22.2. The second kappa shape index (κ2) is 9.35. The van der Waals surface area contributed by atoms with E-state index >= 15 is 0 Å². The second-order valence-corrected chi connectivity index (χ2v) is 9.19. The molecule has 3 aromatic heterocycles. The van der Waals surface area contributed by atoms with Crippen LogP contribution in [-0.4, -0.2) is 51.0 Å². The number of benzene rings is 1. The minimum Gasteiger partial charge on any atom is -0.372 e. The molecule has 4 heterocycles. The molecule has 0 amide bonds. The van der Waals surface area contributed by atoms with Gasteiger partial charge in [0.25, 0.3) is 0 Å². The number of rotatable bonds is 6. The Morgan fingerprint density at radius 3 is 2.50 bits per heavy atom. The number of hydrogen-bond donors (Lipinski definition) is 1. The molecule has 0 aliphatic carbocycles. The van der Waals surface area contributed by atoms with E-state index in [0.717, 1.165) is 46.5 Å². The first-order valence-corrected chi connectivity index (χ1v) is 11.8. The molecule has 34 heavy (non-hydrogen) atoms. The van der Waals surface area contributed by atoms with E-state index in [9.17, 15) is 4.79 Å². The SMILES string of the molecule is C[C@@H]1CN(c2cnc3[nH]cc(-c4cnc(C(=O)C[C@H](C)c5ccccc5)nc4)c3c2)C[C@H](C)O1.